The van der Waals surface area contributed by atoms with E-state index in [9.17, 15) is 0 Å². The highest BCUT2D eigenvalue weighted by Crippen LogP contribution is 2.11. The van der Waals surface area contributed by atoms with Crippen LogP contribution in [0.4, 0.5) is 0 Å². The van der Waals surface area contributed by atoms with E-state index in [2.05, 4.69) is 28.5 Å². The predicted molar refractivity (Wildman–Crippen MR) is 64.4 cm³/mol. The lowest BCUT2D eigenvalue weighted by Crippen LogP contribution is -2.33. The van der Waals surface area contributed by atoms with Crippen molar-refractivity contribution in [3.63, 3.8) is 0 Å². The van der Waals surface area contributed by atoms with Crippen molar-refractivity contribution in [1.29, 1.82) is 0 Å². The third kappa shape index (κ3) is 1.69. The van der Waals surface area contributed by atoms with Gasteiger partial charge in [0.1, 0.15) is 6.61 Å². The van der Waals surface area contributed by atoms with E-state index in [1.54, 1.807) is 6.34 Å². The number of aliphatic imine (C=N–C) groups is 1. The lowest BCUT2D eigenvalue weighted by molar-refractivity contribution is 0.335. The Hall–Kier alpha value is -1.77. The third-order valence-electron chi connectivity index (χ3n) is 3.02. The monoisotopic (exact) mass is 214 g/mol. The first-order chi connectivity index (χ1) is 7.93. The smallest absolute Gasteiger partial charge is 0.109 e. The first kappa shape index (κ1) is 9.46. The molecule has 2 aliphatic heterocycles. The standard InChI is InChI=1S/C13H14N2O/c1-2-4-13-10(3-1)7-16-8-11(13)5-12-6-14-9-15-12/h1-4,7,9,12H,5-6,8H2,(H,14,15). The largest absolute Gasteiger partial charge is 0.496 e. The molecular formula is C13H14N2O. The van der Waals surface area contributed by atoms with E-state index >= 15 is 0 Å². The van der Waals surface area contributed by atoms with Gasteiger partial charge in [0.05, 0.1) is 18.6 Å². The number of nitrogens with zero attached hydrogens (tertiary/aromatic N) is 1. The zero-order chi connectivity index (χ0) is 10.8. The number of benzene rings is 1. The molecule has 0 saturated carbocycles. The molecule has 2 heterocycles. The summed E-state index contributed by atoms with van der Waals surface area (Å²) >= 11 is 0. The van der Waals surface area contributed by atoms with Gasteiger partial charge >= 0.3 is 0 Å². The fourth-order valence-electron chi connectivity index (χ4n) is 2.21. The molecular weight excluding hydrogens is 200 g/mol. The summed E-state index contributed by atoms with van der Waals surface area (Å²) in [7, 11) is 0. The molecule has 1 aromatic rings. The van der Waals surface area contributed by atoms with Crippen LogP contribution in [-0.2, 0) is 4.74 Å². The Labute approximate surface area is 94.2 Å². The second-order valence-electron chi connectivity index (χ2n) is 4.16. The lowest BCUT2D eigenvalue weighted by atomic mass is 10.0. The molecule has 3 heteroatoms. The highest BCUT2D eigenvalue weighted by molar-refractivity contribution is 5.58. The zero-order valence-electron chi connectivity index (χ0n) is 9.02. The number of fused-ring (bicyclic) bond motifs is 1. The van der Waals surface area contributed by atoms with Gasteiger partial charge in [-0.3, -0.25) is 4.99 Å². The minimum absolute atomic E-state index is 0.366. The Morgan fingerprint density at radius 1 is 1.38 bits per heavy atom. The van der Waals surface area contributed by atoms with Crippen LogP contribution in [0.1, 0.15) is 6.42 Å². The van der Waals surface area contributed by atoms with Crippen molar-refractivity contribution in [3.8, 4) is 0 Å². The van der Waals surface area contributed by atoms with Crippen LogP contribution in [-0.4, -0.2) is 25.5 Å². The molecule has 82 valence electrons. The van der Waals surface area contributed by atoms with Gasteiger partial charge in [-0.25, -0.2) is 0 Å². The Morgan fingerprint density at radius 3 is 3.19 bits per heavy atom. The summed E-state index contributed by atoms with van der Waals surface area (Å²) in [4.78, 5) is 4.38. The molecule has 0 amide bonds. The average Bonchev–Trinajstić information content (AvgIpc) is 2.82. The molecule has 2 aliphatic rings. The van der Waals surface area contributed by atoms with Crippen LogP contribution in [0, 0.1) is 0 Å². The van der Waals surface area contributed by atoms with E-state index in [1.165, 1.54) is 16.0 Å². The number of rotatable bonds is 2. The molecule has 3 rings (SSSR count). The molecule has 0 spiro atoms. The molecule has 1 aromatic carbocycles. The second kappa shape index (κ2) is 4.00. The molecule has 0 aliphatic carbocycles. The van der Waals surface area contributed by atoms with E-state index in [-0.39, 0.29) is 0 Å². The first-order valence-electron chi connectivity index (χ1n) is 5.57. The SMILES string of the molecule is C1=NC(CC2=c3ccccc3=COC2)CN1. The summed E-state index contributed by atoms with van der Waals surface area (Å²) < 4.78 is 5.48. The Bertz CT molecular complexity index is 533. The van der Waals surface area contributed by atoms with Crippen LogP contribution >= 0.6 is 0 Å². The number of hydrogen-bond acceptors (Lipinski definition) is 3. The molecule has 1 unspecified atom stereocenters. The van der Waals surface area contributed by atoms with Crippen molar-refractivity contribution < 1.29 is 4.74 Å². The summed E-state index contributed by atoms with van der Waals surface area (Å²) in [5.74, 6) is 0. The van der Waals surface area contributed by atoms with E-state index in [0.717, 1.165) is 13.0 Å². The molecule has 1 atom stereocenters. The second-order valence-corrected chi connectivity index (χ2v) is 4.16. The van der Waals surface area contributed by atoms with Gasteiger partial charge in [0.2, 0.25) is 0 Å². The van der Waals surface area contributed by atoms with Crippen LogP contribution in [0.15, 0.2) is 29.3 Å². The molecule has 0 aromatic heterocycles. The number of nitrogens with one attached hydrogen (secondary N) is 1. The highest BCUT2D eigenvalue weighted by Gasteiger charge is 2.14. The first-order valence-corrected chi connectivity index (χ1v) is 5.57. The Balaban J connectivity index is 2.00. The van der Waals surface area contributed by atoms with Crippen molar-refractivity contribution in [2.24, 2.45) is 4.99 Å². The molecule has 0 radical (unpaired) electrons. The molecule has 1 N–H and O–H groups in total. The molecule has 0 saturated heterocycles. The maximum atomic E-state index is 5.48. The summed E-state index contributed by atoms with van der Waals surface area (Å²) in [6, 6.07) is 8.73. The van der Waals surface area contributed by atoms with Crippen LogP contribution in [0.25, 0.3) is 11.8 Å². The van der Waals surface area contributed by atoms with Gasteiger partial charge in [0.15, 0.2) is 0 Å². The summed E-state index contributed by atoms with van der Waals surface area (Å²) in [6.07, 6.45) is 4.62. The van der Waals surface area contributed by atoms with Crippen LogP contribution in [0.2, 0.25) is 0 Å². The topological polar surface area (TPSA) is 33.6 Å². The van der Waals surface area contributed by atoms with Crippen molar-refractivity contribution in [2.75, 3.05) is 13.2 Å². The summed E-state index contributed by atoms with van der Waals surface area (Å²) in [6.45, 7) is 1.64. The van der Waals surface area contributed by atoms with Gasteiger partial charge in [-0.2, -0.15) is 0 Å². The zero-order valence-corrected chi connectivity index (χ0v) is 9.02. The maximum Gasteiger partial charge on any atom is 0.109 e. The fourth-order valence-corrected chi connectivity index (χ4v) is 2.21. The van der Waals surface area contributed by atoms with Gasteiger partial charge in [-0.1, -0.05) is 24.3 Å². The maximum absolute atomic E-state index is 5.48. The summed E-state index contributed by atoms with van der Waals surface area (Å²) in [5.41, 5.74) is 1.35. The van der Waals surface area contributed by atoms with E-state index in [1.807, 2.05) is 12.3 Å². The van der Waals surface area contributed by atoms with Gasteiger partial charge < -0.3 is 10.1 Å². The Kier molecular flexibility index (Phi) is 2.37. The average molecular weight is 214 g/mol. The van der Waals surface area contributed by atoms with Crippen LogP contribution in [0.5, 0.6) is 0 Å². The molecule has 3 nitrogen and oxygen atoms in total. The van der Waals surface area contributed by atoms with Crippen molar-refractivity contribution in [3.05, 3.63) is 34.7 Å². The molecule has 0 bridgehead atoms. The lowest BCUT2D eigenvalue weighted by Gasteiger charge is -2.14. The molecule has 0 fully saturated rings. The predicted octanol–water partition coefficient (Wildman–Crippen LogP) is -0.00430. The van der Waals surface area contributed by atoms with E-state index in [4.69, 9.17) is 4.74 Å². The minimum atomic E-state index is 0.366. The van der Waals surface area contributed by atoms with Gasteiger partial charge in [-0.15, -0.1) is 0 Å². The Morgan fingerprint density at radius 2 is 2.31 bits per heavy atom. The van der Waals surface area contributed by atoms with E-state index in [0.29, 0.717) is 12.6 Å². The minimum Gasteiger partial charge on any atom is -0.496 e. The van der Waals surface area contributed by atoms with Gasteiger partial charge in [0, 0.05) is 11.8 Å². The van der Waals surface area contributed by atoms with Crippen LogP contribution in [0.3, 0.4) is 0 Å². The summed E-state index contributed by atoms with van der Waals surface area (Å²) in [5, 5.41) is 5.63. The van der Waals surface area contributed by atoms with Crippen molar-refractivity contribution in [2.45, 2.75) is 12.5 Å². The van der Waals surface area contributed by atoms with Crippen LogP contribution < -0.4 is 15.8 Å². The van der Waals surface area contributed by atoms with E-state index < -0.39 is 0 Å². The quantitative estimate of drug-likeness (QED) is 0.751. The van der Waals surface area contributed by atoms with Gasteiger partial charge in [-0.05, 0) is 17.2 Å². The number of ether oxygens (including phenoxy) is 1. The van der Waals surface area contributed by atoms with Crippen molar-refractivity contribution >= 4 is 18.2 Å². The normalized spacial score (nSPS) is 22.0. The highest BCUT2D eigenvalue weighted by atomic mass is 16.5. The number of hydrogen-bond donors (Lipinski definition) is 1. The fraction of sp³-hybridized carbons (Fsp3) is 0.308. The van der Waals surface area contributed by atoms with Crippen molar-refractivity contribution in [1.82, 2.24) is 5.32 Å². The van der Waals surface area contributed by atoms with Gasteiger partial charge in [0.25, 0.3) is 0 Å². The molecule has 16 heavy (non-hydrogen) atoms. The third-order valence-corrected chi connectivity index (χ3v) is 3.02.